The summed E-state index contributed by atoms with van der Waals surface area (Å²) in [5, 5.41) is 0. The maximum absolute atomic E-state index is 12.9. The number of hydrogen-bond donors (Lipinski definition) is 0. The van der Waals surface area contributed by atoms with Crippen LogP contribution in [0.2, 0.25) is 0 Å². The van der Waals surface area contributed by atoms with Gasteiger partial charge in [-0.2, -0.15) is 0 Å². The maximum atomic E-state index is 12.9. The number of carbonyl (C=O) groups excluding carboxylic acids is 1. The molecule has 0 saturated carbocycles. The van der Waals surface area contributed by atoms with Crippen molar-refractivity contribution in [3.63, 3.8) is 0 Å². The monoisotopic (exact) mass is 348 g/mol. The molecule has 0 N–H and O–H groups in total. The molecule has 1 aromatic heterocycles. The highest BCUT2D eigenvalue weighted by Gasteiger charge is 2.27. The predicted molar refractivity (Wildman–Crippen MR) is 92.9 cm³/mol. The Balaban J connectivity index is 1.38. The van der Waals surface area contributed by atoms with E-state index in [4.69, 9.17) is 13.9 Å². The van der Waals surface area contributed by atoms with E-state index in [0.29, 0.717) is 42.5 Å². The number of aromatic nitrogens is 1. The van der Waals surface area contributed by atoms with Crippen LogP contribution in [0.4, 0.5) is 0 Å². The van der Waals surface area contributed by atoms with Crippen molar-refractivity contribution in [2.24, 2.45) is 0 Å². The largest absolute Gasteiger partial charge is 0.454 e. The summed E-state index contributed by atoms with van der Waals surface area (Å²) < 4.78 is 16.6. The van der Waals surface area contributed by atoms with Crippen LogP contribution in [0.3, 0.4) is 0 Å². The average Bonchev–Trinajstić information content (AvgIpc) is 3.33. The number of oxazole rings is 1. The molecule has 26 heavy (non-hydrogen) atoms. The van der Waals surface area contributed by atoms with Crippen LogP contribution in [0.5, 0.6) is 11.5 Å². The normalized spacial score (nSPS) is 15.0. The molecule has 0 aliphatic carbocycles. The van der Waals surface area contributed by atoms with E-state index in [0.717, 1.165) is 17.0 Å². The fourth-order valence-corrected chi connectivity index (χ4v) is 3.29. The molecule has 0 unspecified atom stereocenters. The first-order valence-electron chi connectivity index (χ1n) is 8.51. The Hall–Kier alpha value is -3.28. The lowest BCUT2D eigenvalue weighted by Gasteiger charge is -2.25. The Kier molecular flexibility index (Phi) is 3.41. The highest BCUT2D eigenvalue weighted by molar-refractivity contribution is 5.95. The lowest BCUT2D eigenvalue weighted by Crippen LogP contribution is -2.35. The molecule has 2 aliphatic rings. The van der Waals surface area contributed by atoms with Gasteiger partial charge in [-0.15, -0.1) is 0 Å². The van der Waals surface area contributed by atoms with Gasteiger partial charge in [0, 0.05) is 24.1 Å². The number of nitrogens with zero attached hydrogens (tertiary/aromatic N) is 2. The van der Waals surface area contributed by atoms with Crippen molar-refractivity contribution in [2.45, 2.75) is 13.0 Å². The minimum absolute atomic E-state index is 0.0433. The molecule has 6 heteroatoms. The van der Waals surface area contributed by atoms with E-state index in [9.17, 15) is 4.79 Å². The van der Waals surface area contributed by atoms with Crippen LogP contribution in [0.25, 0.3) is 11.5 Å². The topological polar surface area (TPSA) is 64.8 Å². The van der Waals surface area contributed by atoms with E-state index in [1.54, 1.807) is 23.1 Å². The third-order valence-corrected chi connectivity index (χ3v) is 4.66. The third kappa shape index (κ3) is 2.50. The van der Waals surface area contributed by atoms with E-state index >= 15 is 0 Å². The number of rotatable bonds is 2. The second kappa shape index (κ2) is 5.91. The van der Waals surface area contributed by atoms with Crippen LogP contribution in [0, 0.1) is 0 Å². The van der Waals surface area contributed by atoms with Crippen LogP contribution >= 0.6 is 0 Å². The standard InChI is InChI=1S/C20H16N2O4/c23-20(14-6-7-17-18(10-14)25-12-24-17)22-9-8-16-15(11-22)21-19(26-16)13-4-2-1-3-5-13/h1-7,10H,8-9,11-12H2. The lowest BCUT2D eigenvalue weighted by molar-refractivity contribution is 0.0727. The second-order valence-electron chi connectivity index (χ2n) is 6.30. The zero-order valence-corrected chi connectivity index (χ0v) is 14.0. The van der Waals surface area contributed by atoms with Crippen molar-refractivity contribution in [1.29, 1.82) is 0 Å². The Labute approximate surface area is 150 Å². The summed E-state index contributed by atoms with van der Waals surface area (Å²) in [7, 11) is 0. The molecule has 1 amide bonds. The van der Waals surface area contributed by atoms with Crippen LogP contribution in [-0.4, -0.2) is 29.1 Å². The molecule has 5 rings (SSSR count). The summed E-state index contributed by atoms with van der Waals surface area (Å²) in [6, 6.07) is 15.1. The first-order chi connectivity index (χ1) is 12.8. The van der Waals surface area contributed by atoms with Gasteiger partial charge >= 0.3 is 0 Å². The molecule has 6 nitrogen and oxygen atoms in total. The van der Waals surface area contributed by atoms with Gasteiger partial charge in [0.1, 0.15) is 11.5 Å². The molecule has 3 heterocycles. The Morgan fingerprint density at radius 3 is 2.77 bits per heavy atom. The maximum Gasteiger partial charge on any atom is 0.254 e. The van der Waals surface area contributed by atoms with Crippen LogP contribution in [-0.2, 0) is 13.0 Å². The van der Waals surface area contributed by atoms with E-state index in [1.165, 1.54) is 0 Å². The number of hydrogen-bond acceptors (Lipinski definition) is 5. The molecule has 0 spiro atoms. The number of carbonyl (C=O) groups is 1. The van der Waals surface area contributed by atoms with Gasteiger partial charge in [0.15, 0.2) is 11.5 Å². The van der Waals surface area contributed by atoms with Crippen molar-refractivity contribution in [3.05, 3.63) is 65.5 Å². The summed E-state index contributed by atoms with van der Waals surface area (Å²) in [5.74, 6) is 2.71. The first-order valence-corrected chi connectivity index (χ1v) is 8.51. The second-order valence-corrected chi connectivity index (χ2v) is 6.30. The van der Waals surface area contributed by atoms with Gasteiger partial charge in [-0.1, -0.05) is 18.2 Å². The zero-order chi connectivity index (χ0) is 17.5. The molecule has 0 fully saturated rings. The molecule has 0 radical (unpaired) electrons. The summed E-state index contributed by atoms with van der Waals surface area (Å²) in [6.07, 6.45) is 0.658. The highest BCUT2D eigenvalue weighted by atomic mass is 16.7. The van der Waals surface area contributed by atoms with Crippen molar-refractivity contribution in [2.75, 3.05) is 13.3 Å². The van der Waals surface area contributed by atoms with E-state index in [-0.39, 0.29) is 12.7 Å². The Bertz CT molecular complexity index is 981. The fraction of sp³-hybridized carbons (Fsp3) is 0.200. The highest BCUT2D eigenvalue weighted by Crippen LogP contribution is 2.33. The Morgan fingerprint density at radius 1 is 1.04 bits per heavy atom. The van der Waals surface area contributed by atoms with Gasteiger partial charge in [-0.25, -0.2) is 4.98 Å². The zero-order valence-electron chi connectivity index (χ0n) is 14.0. The van der Waals surface area contributed by atoms with Gasteiger partial charge in [-0.05, 0) is 30.3 Å². The molecular formula is C20H16N2O4. The van der Waals surface area contributed by atoms with Crippen molar-refractivity contribution in [3.8, 4) is 23.0 Å². The van der Waals surface area contributed by atoms with Crippen molar-refractivity contribution >= 4 is 5.91 Å². The molecule has 0 bridgehead atoms. The molecular weight excluding hydrogens is 332 g/mol. The average molecular weight is 348 g/mol. The van der Waals surface area contributed by atoms with Crippen LogP contribution in [0.15, 0.2) is 52.9 Å². The molecule has 2 aliphatic heterocycles. The lowest BCUT2D eigenvalue weighted by atomic mass is 10.1. The molecule has 0 atom stereocenters. The molecule has 3 aromatic rings. The minimum atomic E-state index is -0.0433. The molecule has 130 valence electrons. The first kappa shape index (κ1) is 15.0. The van der Waals surface area contributed by atoms with Gasteiger partial charge in [0.2, 0.25) is 12.7 Å². The molecule has 0 saturated heterocycles. The van der Waals surface area contributed by atoms with E-state index in [1.807, 2.05) is 30.3 Å². The minimum Gasteiger partial charge on any atom is -0.454 e. The van der Waals surface area contributed by atoms with Crippen molar-refractivity contribution < 1.29 is 18.7 Å². The number of ether oxygens (including phenoxy) is 2. The smallest absolute Gasteiger partial charge is 0.254 e. The summed E-state index contributed by atoms with van der Waals surface area (Å²) in [4.78, 5) is 19.2. The third-order valence-electron chi connectivity index (χ3n) is 4.66. The van der Waals surface area contributed by atoms with Gasteiger partial charge < -0.3 is 18.8 Å². The SMILES string of the molecule is O=C(c1ccc2c(c1)OCO2)N1CCc2oc(-c3ccccc3)nc2C1. The van der Waals surface area contributed by atoms with Gasteiger partial charge in [-0.3, -0.25) is 4.79 Å². The predicted octanol–water partition coefficient (Wildman–Crippen LogP) is 3.27. The number of amides is 1. The van der Waals surface area contributed by atoms with E-state index in [2.05, 4.69) is 4.98 Å². The van der Waals surface area contributed by atoms with Crippen LogP contribution in [0.1, 0.15) is 21.8 Å². The van der Waals surface area contributed by atoms with Crippen LogP contribution < -0.4 is 9.47 Å². The van der Waals surface area contributed by atoms with Gasteiger partial charge in [0.25, 0.3) is 5.91 Å². The number of fused-ring (bicyclic) bond motifs is 2. The number of benzene rings is 2. The van der Waals surface area contributed by atoms with Crippen molar-refractivity contribution in [1.82, 2.24) is 9.88 Å². The fourth-order valence-electron chi connectivity index (χ4n) is 3.29. The summed E-state index contributed by atoms with van der Waals surface area (Å²) in [5.41, 5.74) is 2.35. The van der Waals surface area contributed by atoms with E-state index < -0.39 is 0 Å². The van der Waals surface area contributed by atoms with Gasteiger partial charge in [0.05, 0.1) is 6.54 Å². The molecule has 2 aromatic carbocycles. The Morgan fingerprint density at radius 2 is 1.88 bits per heavy atom. The summed E-state index contributed by atoms with van der Waals surface area (Å²) in [6.45, 7) is 1.24. The summed E-state index contributed by atoms with van der Waals surface area (Å²) >= 11 is 0. The quantitative estimate of drug-likeness (QED) is 0.711.